The zero-order valence-electron chi connectivity index (χ0n) is 15.2. The number of nitrogens with zero attached hydrogens (tertiary/aromatic N) is 1. The van der Waals surface area contributed by atoms with Gasteiger partial charge in [-0.15, -0.1) is 0 Å². The van der Waals surface area contributed by atoms with Crippen molar-refractivity contribution in [2.45, 2.75) is 44.3 Å². The Morgan fingerprint density at radius 2 is 1.73 bits per heavy atom. The van der Waals surface area contributed by atoms with Gasteiger partial charge in [0.15, 0.2) is 0 Å². The number of aliphatic hydroxyl groups is 1. The van der Waals surface area contributed by atoms with Crippen LogP contribution in [0.1, 0.15) is 29.5 Å². The van der Waals surface area contributed by atoms with Crippen LogP contribution in [-0.2, 0) is 16.6 Å². The van der Waals surface area contributed by atoms with Gasteiger partial charge in [-0.3, -0.25) is 0 Å². The van der Waals surface area contributed by atoms with Crippen molar-refractivity contribution < 1.29 is 18.3 Å². The van der Waals surface area contributed by atoms with Gasteiger partial charge in [-0.05, 0) is 62.1 Å². The molecule has 6 heteroatoms. The fraction of sp³-hybridized carbons (Fsp3) is 0.400. The van der Waals surface area contributed by atoms with Gasteiger partial charge in [0.05, 0.1) is 11.0 Å². The SMILES string of the molecule is Cc1ccc(C)c(COc2ccc(S(=O)(=O)N3CCC(O)CC3)cc2)c1. The average molecular weight is 375 g/mol. The van der Waals surface area contributed by atoms with E-state index in [4.69, 9.17) is 4.74 Å². The minimum atomic E-state index is -3.51. The molecule has 0 aliphatic carbocycles. The third kappa shape index (κ3) is 4.26. The highest BCUT2D eigenvalue weighted by atomic mass is 32.2. The summed E-state index contributed by atoms with van der Waals surface area (Å²) in [6.07, 6.45) is 0.564. The number of aliphatic hydroxyl groups excluding tert-OH is 1. The van der Waals surface area contributed by atoms with Gasteiger partial charge in [0, 0.05) is 13.1 Å². The summed E-state index contributed by atoms with van der Waals surface area (Å²) >= 11 is 0. The summed E-state index contributed by atoms with van der Waals surface area (Å²) in [5.41, 5.74) is 3.47. The Labute approximate surface area is 155 Å². The van der Waals surface area contributed by atoms with E-state index in [0.29, 0.717) is 38.3 Å². The quantitative estimate of drug-likeness (QED) is 0.872. The summed E-state index contributed by atoms with van der Waals surface area (Å²) in [5.74, 6) is 0.638. The second-order valence-corrected chi connectivity index (χ2v) is 8.76. The number of aryl methyl sites for hydroxylation is 2. The lowest BCUT2D eigenvalue weighted by Crippen LogP contribution is -2.39. The van der Waals surface area contributed by atoms with Crippen molar-refractivity contribution in [1.29, 1.82) is 0 Å². The molecule has 0 saturated carbocycles. The standard InChI is InChI=1S/C20H25NO4S/c1-15-3-4-16(2)17(13-15)14-25-19-5-7-20(8-6-19)26(23,24)21-11-9-18(22)10-12-21/h3-8,13,18,22H,9-12,14H2,1-2H3. The molecule has 1 aliphatic heterocycles. The molecule has 0 amide bonds. The van der Waals surface area contributed by atoms with Crippen molar-refractivity contribution >= 4 is 10.0 Å². The van der Waals surface area contributed by atoms with Gasteiger partial charge in [0.1, 0.15) is 12.4 Å². The van der Waals surface area contributed by atoms with E-state index < -0.39 is 16.1 Å². The lowest BCUT2D eigenvalue weighted by atomic mass is 10.1. The number of hydrogen-bond donors (Lipinski definition) is 1. The first kappa shape index (κ1) is 18.9. The molecule has 26 heavy (non-hydrogen) atoms. The van der Waals surface area contributed by atoms with Gasteiger partial charge in [0.2, 0.25) is 10.0 Å². The van der Waals surface area contributed by atoms with Gasteiger partial charge < -0.3 is 9.84 Å². The molecule has 0 radical (unpaired) electrons. The predicted octanol–water partition coefficient (Wildman–Crippen LogP) is 3.03. The Bertz CT molecular complexity index is 854. The zero-order chi connectivity index (χ0) is 18.7. The second kappa shape index (κ2) is 7.78. The van der Waals surface area contributed by atoms with Crippen LogP contribution in [0, 0.1) is 13.8 Å². The van der Waals surface area contributed by atoms with Crippen LogP contribution in [-0.4, -0.2) is 37.0 Å². The molecule has 3 rings (SSSR count). The number of benzene rings is 2. The van der Waals surface area contributed by atoms with E-state index in [2.05, 4.69) is 18.2 Å². The molecule has 0 aromatic heterocycles. The van der Waals surface area contributed by atoms with Gasteiger partial charge >= 0.3 is 0 Å². The zero-order valence-corrected chi connectivity index (χ0v) is 16.0. The maximum Gasteiger partial charge on any atom is 0.243 e. The van der Waals surface area contributed by atoms with Crippen LogP contribution in [0.25, 0.3) is 0 Å². The molecule has 1 aliphatic rings. The van der Waals surface area contributed by atoms with Crippen molar-refractivity contribution in [3.8, 4) is 5.75 Å². The molecule has 0 spiro atoms. The highest BCUT2D eigenvalue weighted by Crippen LogP contribution is 2.23. The molecule has 140 valence electrons. The summed E-state index contributed by atoms with van der Waals surface area (Å²) in [6.45, 7) is 5.25. The van der Waals surface area contributed by atoms with Gasteiger partial charge in [0.25, 0.3) is 0 Å². The molecule has 0 atom stereocenters. The summed E-state index contributed by atoms with van der Waals surface area (Å²) in [6, 6.07) is 12.8. The predicted molar refractivity (Wildman–Crippen MR) is 101 cm³/mol. The monoisotopic (exact) mass is 375 g/mol. The van der Waals surface area contributed by atoms with E-state index in [9.17, 15) is 13.5 Å². The Hall–Kier alpha value is -1.89. The summed E-state index contributed by atoms with van der Waals surface area (Å²) in [4.78, 5) is 0.257. The third-order valence-corrected chi connectivity index (χ3v) is 6.70. The average Bonchev–Trinajstić information content (AvgIpc) is 2.63. The van der Waals surface area contributed by atoms with Crippen LogP contribution in [0.2, 0.25) is 0 Å². The maximum absolute atomic E-state index is 12.7. The Morgan fingerprint density at radius 3 is 2.38 bits per heavy atom. The van der Waals surface area contributed by atoms with E-state index in [1.165, 1.54) is 15.4 Å². The van der Waals surface area contributed by atoms with Crippen LogP contribution in [0.4, 0.5) is 0 Å². The molecule has 1 saturated heterocycles. The first-order chi connectivity index (χ1) is 12.4. The molecule has 0 bridgehead atoms. The molecule has 1 N–H and O–H groups in total. The largest absolute Gasteiger partial charge is 0.489 e. The highest BCUT2D eigenvalue weighted by Gasteiger charge is 2.28. The van der Waals surface area contributed by atoms with E-state index in [1.54, 1.807) is 24.3 Å². The minimum Gasteiger partial charge on any atom is -0.489 e. The van der Waals surface area contributed by atoms with Crippen molar-refractivity contribution in [3.63, 3.8) is 0 Å². The van der Waals surface area contributed by atoms with E-state index >= 15 is 0 Å². The van der Waals surface area contributed by atoms with Gasteiger partial charge in [-0.1, -0.05) is 23.8 Å². The van der Waals surface area contributed by atoms with E-state index in [-0.39, 0.29) is 4.90 Å². The van der Waals surface area contributed by atoms with E-state index in [1.807, 2.05) is 13.8 Å². The normalized spacial score (nSPS) is 16.6. The lowest BCUT2D eigenvalue weighted by molar-refractivity contribution is 0.113. The molecular formula is C20H25NO4S. The summed E-state index contributed by atoms with van der Waals surface area (Å²) in [5, 5.41) is 9.55. The Balaban J connectivity index is 1.67. The number of piperidine rings is 1. The highest BCUT2D eigenvalue weighted by molar-refractivity contribution is 7.89. The van der Waals surface area contributed by atoms with Crippen LogP contribution in [0.3, 0.4) is 0 Å². The summed E-state index contributed by atoms with van der Waals surface area (Å²) < 4.78 is 32.6. The first-order valence-electron chi connectivity index (χ1n) is 8.83. The molecule has 2 aromatic rings. The molecular weight excluding hydrogens is 350 g/mol. The molecule has 5 nitrogen and oxygen atoms in total. The maximum atomic E-state index is 12.7. The van der Waals surface area contributed by atoms with E-state index in [0.717, 1.165) is 5.56 Å². The van der Waals surface area contributed by atoms with Crippen LogP contribution >= 0.6 is 0 Å². The fourth-order valence-electron chi connectivity index (χ4n) is 3.06. The minimum absolute atomic E-state index is 0.257. The first-order valence-corrected chi connectivity index (χ1v) is 10.3. The number of hydrogen-bond acceptors (Lipinski definition) is 4. The molecule has 1 fully saturated rings. The van der Waals surface area contributed by atoms with Gasteiger partial charge in [-0.25, -0.2) is 8.42 Å². The smallest absolute Gasteiger partial charge is 0.243 e. The molecule has 2 aromatic carbocycles. The van der Waals surface area contributed by atoms with Crippen LogP contribution < -0.4 is 4.74 Å². The van der Waals surface area contributed by atoms with Crippen LogP contribution in [0.5, 0.6) is 5.75 Å². The molecule has 1 heterocycles. The number of sulfonamides is 1. The number of ether oxygens (including phenoxy) is 1. The third-order valence-electron chi connectivity index (χ3n) is 4.78. The van der Waals surface area contributed by atoms with Crippen molar-refractivity contribution in [3.05, 3.63) is 59.2 Å². The Morgan fingerprint density at radius 1 is 1.08 bits per heavy atom. The topological polar surface area (TPSA) is 66.8 Å². The lowest BCUT2D eigenvalue weighted by Gasteiger charge is -2.28. The van der Waals surface area contributed by atoms with Crippen molar-refractivity contribution in [2.75, 3.05) is 13.1 Å². The van der Waals surface area contributed by atoms with Crippen LogP contribution in [0.15, 0.2) is 47.4 Å². The molecule has 0 unspecified atom stereocenters. The van der Waals surface area contributed by atoms with Gasteiger partial charge in [-0.2, -0.15) is 4.31 Å². The van der Waals surface area contributed by atoms with Crippen molar-refractivity contribution in [2.24, 2.45) is 0 Å². The Kier molecular flexibility index (Phi) is 5.65. The summed E-state index contributed by atoms with van der Waals surface area (Å²) in [7, 11) is -3.51. The van der Waals surface area contributed by atoms with Crippen molar-refractivity contribution in [1.82, 2.24) is 4.31 Å². The fourth-order valence-corrected chi connectivity index (χ4v) is 4.53. The number of rotatable bonds is 5. The second-order valence-electron chi connectivity index (χ2n) is 6.83.